The quantitative estimate of drug-likeness (QED) is 0.769. The molecule has 0 bridgehead atoms. The zero-order valence-electron chi connectivity index (χ0n) is 14.5. The molecule has 1 N–H and O–H groups in total. The molecule has 27 heavy (non-hydrogen) atoms. The number of benzene rings is 1. The van der Waals surface area contributed by atoms with Crippen molar-refractivity contribution in [2.75, 3.05) is 18.4 Å². The Morgan fingerprint density at radius 3 is 2.70 bits per heavy atom. The molecular weight excluding hydrogens is 345 g/mol. The molecule has 6 nitrogen and oxygen atoms in total. The Bertz CT molecular complexity index is 933. The van der Waals surface area contributed by atoms with Gasteiger partial charge in [0.2, 0.25) is 5.95 Å². The molecule has 1 fully saturated rings. The Kier molecular flexibility index (Phi) is 4.74. The second-order valence-electron chi connectivity index (χ2n) is 6.39. The maximum atomic E-state index is 13.1. The van der Waals surface area contributed by atoms with Gasteiger partial charge in [0.05, 0.1) is 5.69 Å². The van der Waals surface area contributed by atoms with E-state index in [0.717, 1.165) is 12.1 Å². The van der Waals surface area contributed by atoms with Crippen LogP contribution in [-0.4, -0.2) is 38.8 Å². The standard InChI is InChI=1S/C20H18FN5O/c21-16-6-4-14(5-7-16)19(27)26-12-9-15(13-26)17-8-11-23-20(24-17)25-18-3-1-2-10-22-18/h1-8,10-11,15H,9,12-13H2,(H,22,23,24,25). The van der Waals surface area contributed by atoms with Crippen molar-refractivity contribution in [2.45, 2.75) is 12.3 Å². The highest BCUT2D eigenvalue weighted by Gasteiger charge is 2.29. The van der Waals surface area contributed by atoms with Gasteiger partial charge < -0.3 is 10.2 Å². The molecule has 136 valence electrons. The second-order valence-corrected chi connectivity index (χ2v) is 6.39. The van der Waals surface area contributed by atoms with Crippen LogP contribution in [0.4, 0.5) is 16.2 Å². The SMILES string of the molecule is O=C(c1ccc(F)cc1)N1CCC(c2ccnc(Nc3ccccn3)n2)C1. The van der Waals surface area contributed by atoms with Crippen molar-refractivity contribution in [1.82, 2.24) is 19.9 Å². The van der Waals surface area contributed by atoms with Crippen molar-refractivity contribution < 1.29 is 9.18 Å². The number of carbonyl (C=O) groups is 1. The summed E-state index contributed by atoms with van der Waals surface area (Å²) in [4.78, 5) is 27.4. The molecule has 1 amide bonds. The first-order chi connectivity index (χ1) is 13.2. The van der Waals surface area contributed by atoms with Crippen LogP contribution in [-0.2, 0) is 0 Å². The average molecular weight is 363 g/mol. The summed E-state index contributed by atoms with van der Waals surface area (Å²) in [7, 11) is 0. The number of likely N-dealkylation sites (tertiary alicyclic amines) is 1. The molecule has 3 aromatic rings. The molecule has 3 heterocycles. The average Bonchev–Trinajstić information content (AvgIpc) is 3.19. The van der Waals surface area contributed by atoms with Crippen molar-refractivity contribution in [3.63, 3.8) is 0 Å². The molecule has 4 rings (SSSR count). The van der Waals surface area contributed by atoms with E-state index in [4.69, 9.17) is 0 Å². The number of rotatable bonds is 4. The fourth-order valence-electron chi connectivity index (χ4n) is 3.17. The van der Waals surface area contributed by atoms with E-state index < -0.39 is 0 Å². The van der Waals surface area contributed by atoms with Gasteiger partial charge in [-0.15, -0.1) is 0 Å². The van der Waals surface area contributed by atoms with Crippen molar-refractivity contribution in [2.24, 2.45) is 0 Å². The highest BCUT2D eigenvalue weighted by atomic mass is 19.1. The van der Waals surface area contributed by atoms with Crippen molar-refractivity contribution >= 4 is 17.7 Å². The van der Waals surface area contributed by atoms with Crippen LogP contribution in [0.1, 0.15) is 28.4 Å². The Labute approximate surface area is 156 Å². The maximum absolute atomic E-state index is 13.1. The lowest BCUT2D eigenvalue weighted by Gasteiger charge is -2.16. The number of carbonyl (C=O) groups excluding carboxylic acids is 1. The molecule has 0 saturated carbocycles. The molecule has 1 atom stereocenters. The first-order valence-electron chi connectivity index (χ1n) is 8.75. The Morgan fingerprint density at radius 1 is 1.07 bits per heavy atom. The molecular formula is C20H18FN5O. The van der Waals surface area contributed by atoms with Crippen LogP contribution < -0.4 is 5.32 Å². The number of halogens is 1. The number of anilines is 2. The summed E-state index contributed by atoms with van der Waals surface area (Å²) in [6.07, 6.45) is 4.23. The van der Waals surface area contributed by atoms with E-state index >= 15 is 0 Å². The van der Waals surface area contributed by atoms with Gasteiger partial charge in [-0.1, -0.05) is 6.07 Å². The van der Waals surface area contributed by atoms with Gasteiger partial charge in [-0.3, -0.25) is 4.79 Å². The number of aromatic nitrogens is 3. The minimum Gasteiger partial charge on any atom is -0.338 e. The molecule has 1 saturated heterocycles. The van der Waals surface area contributed by atoms with Gasteiger partial charge in [0, 0.05) is 37.0 Å². The summed E-state index contributed by atoms with van der Waals surface area (Å²) < 4.78 is 13.1. The van der Waals surface area contributed by atoms with Crippen LogP contribution in [0.15, 0.2) is 60.9 Å². The van der Waals surface area contributed by atoms with Crippen LogP contribution in [0.3, 0.4) is 0 Å². The topological polar surface area (TPSA) is 71.0 Å². The molecule has 0 spiro atoms. The van der Waals surface area contributed by atoms with Gasteiger partial charge in [0.15, 0.2) is 0 Å². The molecule has 2 aromatic heterocycles. The van der Waals surface area contributed by atoms with E-state index in [-0.39, 0.29) is 17.6 Å². The zero-order chi connectivity index (χ0) is 18.6. The molecule has 0 radical (unpaired) electrons. The number of nitrogens with zero attached hydrogens (tertiary/aromatic N) is 4. The summed E-state index contributed by atoms with van der Waals surface area (Å²) in [6.45, 7) is 1.23. The third kappa shape index (κ3) is 3.92. The monoisotopic (exact) mass is 363 g/mol. The summed E-state index contributed by atoms with van der Waals surface area (Å²) in [5.41, 5.74) is 1.38. The predicted molar refractivity (Wildman–Crippen MR) is 99.2 cm³/mol. The van der Waals surface area contributed by atoms with Gasteiger partial charge in [0.1, 0.15) is 11.6 Å². The number of pyridine rings is 1. The van der Waals surface area contributed by atoms with E-state index in [1.165, 1.54) is 24.3 Å². The normalized spacial score (nSPS) is 16.3. The molecule has 1 aliphatic heterocycles. The van der Waals surface area contributed by atoms with Crippen molar-refractivity contribution in [3.05, 3.63) is 78.0 Å². The van der Waals surface area contributed by atoms with Crippen LogP contribution in [0.5, 0.6) is 0 Å². The van der Waals surface area contributed by atoms with Crippen molar-refractivity contribution in [1.29, 1.82) is 0 Å². The molecule has 1 aromatic carbocycles. The number of hydrogen-bond acceptors (Lipinski definition) is 5. The lowest BCUT2D eigenvalue weighted by atomic mass is 10.1. The molecule has 7 heteroatoms. The van der Waals surface area contributed by atoms with Gasteiger partial charge in [-0.05, 0) is 48.9 Å². The van der Waals surface area contributed by atoms with Crippen molar-refractivity contribution in [3.8, 4) is 0 Å². The highest BCUT2D eigenvalue weighted by molar-refractivity contribution is 5.94. The Morgan fingerprint density at radius 2 is 1.93 bits per heavy atom. The second kappa shape index (κ2) is 7.49. The highest BCUT2D eigenvalue weighted by Crippen LogP contribution is 2.27. The summed E-state index contributed by atoms with van der Waals surface area (Å²) in [5.74, 6) is 0.864. The summed E-state index contributed by atoms with van der Waals surface area (Å²) in [5, 5.41) is 3.08. The molecule has 1 aliphatic rings. The number of amides is 1. The van der Waals surface area contributed by atoms with Crippen LogP contribution in [0, 0.1) is 5.82 Å². The number of nitrogens with one attached hydrogen (secondary N) is 1. The first kappa shape index (κ1) is 17.1. The lowest BCUT2D eigenvalue weighted by Crippen LogP contribution is -2.28. The predicted octanol–water partition coefficient (Wildman–Crippen LogP) is 3.38. The summed E-state index contributed by atoms with van der Waals surface area (Å²) in [6, 6.07) is 13.1. The third-order valence-corrected chi connectivity index (χ3v) is 4.57. The number of hydrogen-bond donors (Lipinski definition) is 1. The van der Waals surface area contributed by atoms with E-state index in [9.17, 15) is 9.18 Å². The Hall–Kier alpha value is -3.35. The Balaban J connectivity index is 1.45. The van der Waals surface area contributed by atoms with E-state index in [1.807, 2.05) is 24.3 Å². The third-order valence-electron chi connectivity index (χ3n) is 4.57. The maximum Gasteiger partial charge on any atom is 0.253 e. The van der Waals surface area contributed by atoms with E-state index in [2.05, 4.69) is 20.3 Å². The largest absolute Gasteiger partial charge is 0.338 e. The van der Waals surface area contributed by atoms with Crippen LogP contribution in [0.2, 0.25) is 0 Å². The first-order valence-corrected chi connectivity index (χ1v) is 8.75. The van der Waals surface area contributed by atoms with Gasteiger partial charge in [0.25, 0.3) is 5.91 Å². The summed E-state index contributed by atoms with van der Waals surface area (Å²) >= 11 is 0. The fourth-order valence-corrected chi connectivity index (χ4v) is 3.17. The van der Waals surface area contributed by atoms with Gasteiger partial charge >= 0.3 is 0 Å². The fraction of sp³-hybridized carbons (Fsp3) is 0.200. The van der Waals surface area contributed by atoms with E-state index in [0.29, 0.717) is 30.4 Å². The molecule has 0 aliphatic carbocycles. The smallest absolute Gasteiger partial charge is 0.253 e. The molecule has 1 unspecified atom stereocenters. The van der Waals surface area contributed by atoms with E-state index in [1.54, 1.807) is 17.3 Å². The zero-order valence-corrected chi connectivity index (χ0v) is 14.5. The van der Waals surface area contributed by atoms with Crippen LogP contribution >= 0.6 is 0 Å². The minimum absolute atomic E-state index is 0.0848. The van der Waals surface area contributed by atoms with Gasteiger partial charge in [-0.2, -0.15) is 0 Å². The lowest BCUT2D eigenvalue weighted by molar-refractivity contribution is 0.0790. The van der Waals surface area contributed by atoms with Gasteiger partial charge in [-0.25, -0.2) is 19.3 Å². The minimum atomic E-state index is -0.347. The van der Waals surface area contributed by atoms with Crippen LogP contribution in [0.25, 0.3) is 0 Å².